The van der Waals surface area contributed by atoms with Gasteiger partial charge in [-0.25, -0.2) is 14.6 Å². The van der Waals surface area contributed by atoms with Crippen LogP contribution < -0.4 is 5.32 Å². The summed E-state index contributed by atoms with van der Waals surface area (Å²) in [7, 11) is 0. The van der Waals surface area contributed by atoms with E-state index in [9.17, 15) is 4.79 Å². The molecule has 0 bridgehead atoms. The highest BCUT2D eigenvalue weighted by atomic mass is 35.5. The zero-order chi connectivity index (χ0) is 14.7. The minimum absolute atomic E-state index is 0.0561. The van der Waals surface area contributed by atoms with Gasteiger partial charge >= 0.3 is 0 Å². The Hall–Kier alpha value is -2.73. The number of pyridine rings is 1. The number of amides is 1. The zero-order valence-electron chi connectivity index (χ0n) is 10.8. The number of para-hydroxylation sites is 1. The molecule has 1 amide bonds. The van der Waals surface area contributed by atoms with Crippen molar-refractivity contribution in [1.29, 1.82) is 0 Å². The SMILES string of the molecule is O=C(Nc1cc(Cl)ccn1)c1ncn(-c2ccccc2)n1. The number of nitrogens with one attached hydrogen (secondary N) is 1. The molecule has 1 N–H and O–H groups in total. The van der Waals surface area contributed by atoms with Crippen LogP contribution in [0, 0.1) is 0 Å². The first-order chi connectivity index (χ1) is 10.2. The van der Waals surface area contributed by atoms with Crippen LogP contribution in [0.1, 0.15) is 10.6 Å². The van der Waals surface area contributed by atoms with E-state index in [0.717, 1.165) is 5.69 Å². The number of benzene rings is 1. The zero-order valence-corrected chi connectivity index (χ0v) is 11.5. The lowest BCUT2D eigenvalue weighted by Crippen LogP contribution is -2.15. The summed E-state index contributed by atoms with van der Waals surface area (Å²) in [6.07, 6.45) is 2.99. The lowest BCUT2D eigenvalue weighted by molar-refractivity contribution is 0.101. The Morgan fingerprint density at radius 2 is 1.95 bits per heavy atom. The van der Waals surface area contributed by atoms with Crippen molar-refractivity contribution in [3.63, 3.8) is 0 Å². The number of anilines is 1. The fourth-order valence-electron chi connectivity index (χ4n) is 1.72. The Morgan fingerprint density at radius 3 is 2.71 bits per heavy atom. The normalized spacial score (nSPS) is 10.3. The molecule has 3 aromatic rings. The Balaban J connectivity index is 1.78. The molecule has 0 radical (unpaired) electrons. The maximum atomic E-state index is 12.0. The molecule has 0 fully saturated rings. The second kappa shape index (κ2) is 5.72. The summed E-state index contributed by atoms with van der Waals surface area (Å²) in [5.41, 5.74) is 0.824. The average molecular weight is 300 g/mol. The van der Waals surface area contributed by atoms with Gasteiger partial charge in [-0.3, -0.25) is 4.79 Å². The third-order valence-electron chi connectivity index (χ3n) is 2.68. The molecular formula is C14H10ClN5O. The van der Waals surface area contributed by atoms with E-state index in [1.807, 2.05) is 30.3 Å². The van der Waals surface area contributed by atoms with Crippen LogP contribution in [0.4, 0.5) is 5.82 Å². The number of nitrogens with zero attached hydrogens (tertiary/aromatic N) is 4. The molecule has 6 nitrogen and oxygen atoms in total. The van der Waals surface area contributed by atoms with E-state index in [0.29, 0.717) is 10.8 Å². The van der Waals surface area contributed by atoms with Crippen molar-refractivity contribution in [2.45, 2.75) is 0 Å². The molecule has 0 unspecified atom stereocenters. The number of aromatic nitrogens is 4. The largest absolute Gasteiger partial charge is 0.304 e. The summed E-state index contributed by atoms with van der Waals surface area (Å²) in [5.74, 6) is -0.0383. The third kappa shape index (κ3) is 3.06. The number of hydrogen-bond acceptors (Lipinski definition) is 4. The maximum Gasteiger partial charge on any atom is 0.296 e. The van der Waals surface area contributed by atoms with Crippen LogP contribution in [-0.4, -0.2) is 25.7 Å². The Bertz CT molecular complexity index is 772. The van der Waals surface area contributed by atoms with Crippen molar-refractivity contribution in [2.24, 2.45) is 0 Å². The van der Waals surface area contributed by atoms with Gasteiger partial charge in [-0.05, 0) is 24.3 Å². The molecule has 7 heteroatoms. The molecule has 0 spiro atoms. The third-order valence-corrected chi connectivity index (χ3v) is 2.91. The number of hydrogen-bond donors (Lipinski definition) is 1. The smallest absolute Gasteiger partial charge is 0.296 e. The van der Waals surface area contributed by atoms with Crippen molar-refractivity contribution >= 4 is 23.3 Å². The van der Waals surface area contributed by atoms with E-state index in [2.05, 4.69) is 20.4 Å². The summed E-state index contributed by atoms with van der Waals surface area (Å²) in [4.78, 5) is 20.0. The number of carbonyl (C=O) groups excluding carboxylic acids is 1. The van der Waals surface area contributed by atoms with E-state index < -0.39 is 5.91 Å². The van der Waals surface area contributed by atoms with Gasteiger partial charge in [-0.15, -0.1) is 5.10 Å². The summed E-state index contributed by atoms with van der Waals surface area (Å²) in [6.45, 7) is 0. The van der Waals surface area contributed by atoms with Gasteiger partial charge in [-0.1, -0.05) is 29.8 Å². The monoisotopic (exact) mass is 299 g/mol. The predicted molar refractivity (Wildman–Crippen MR) is 78.6 cm³/mol. The molecule has 21 heavy (non-hydrogen) atoms. The summed E-state index contributed by atoms with van der Waals surface area (Å²) in [6, 6.07) is 12.6. The van der Waals surface area contributed by atoms with Gasteiger partial charge in [0.2, 0.25) is 5.82 Å². The van der Waals surface area contributed by atoms with Gasteiger partial charge in [0.15, 0.2) is 0 Å². The lowest BCUT2D eigenvalue weighted by atomic mass is 10.3. The minimum atomic E-state index is -0.445. The van der Waals surface area contributed by atoms with E-state index in [1.165, 1.54) is 17.2 Å². The van der Waals surface area contributed by atoms with Crippen molar-refractivity contribution < 1.29 is 4.79 Å². The Morgan fingerprint density at radius 1 is 1.14 bits per heavy atom. The van der Waals surface area contributed by atoms with Crippen LogP contribution in [-0.2, 0) is 0 Å². The predicted octanol–water partition coefficient (Wildman–Crippen LogP) is 2.57. The Labute approximate surface area is 125 Å². The molecule has 0 aliphatic carbocycles. The number of rotatable bonds is 3. The molecule has 0 aliphatic rings. The van der Waals surface area contributed by atoms with E-state index in [-0.39, 0.29) is 5.82 Å². The van der Waals surface area contributed by atoms with Gasteiger partial charge < -0.3 is 5.32 Å². The lowest BCUT2D eigenvalue weighted by Gasteiger charge is -2.01. The number of halogens is 1. The van der Waals surface area contributed by atoms with Crippen molar-refractivity contribution in [1.82, 2.24) is 19.7 Å². The summed E-state index contributed by atoms with van der Waals surface area (Å²) in [5, 5.41) is 7.21. The highest BCUT2D eigenvalue weighted by Crippen LogP contribution is 2.12. The van der Waals surface area contributed by atoms with Gasteiger partial charge in [0, 0.05) is 11.2 Å². The standard InChI is InChI=1S/C14H10ClN5O/c15-10-6-7-16-12(8-10)18-14(21)13-17-9-20(19-13)11-4-2-1-3-5-11/h1-9H,(H,16,18,21). The minimum Gasteiger partial charge on any atom is -0.304 e. The van der Waals surface area contributed by atoms with Crippen LogP contribution in [0.2, 0.25) is 5.02 Å². The van der Waals surface area contributed by atoms with Crippen LogP contribution in [0.15, 0.2) is 55.0 Å². The van der Waals surface area contributed by atoms with Gasteiger partial charge in [0.25, 0.3) is 5.91 Å². The van der Waals surface area contributed by atoms with Crippen molar-refractivity contribution in [2.75, 3.05) is 5.32 Å². The molecule has 2 heterocycles. The number of carbonyl (C=O) groups is 1. The first-order valence-corrected chi connectivity index (χ1v) is 6.50. The van der Waals surface area contributed by atoms with Crippen LogP contribution in [0.3, 0.4) is 0 Å². The fraction of sp³-hybridized carbons (Fsp3) is 0. The van der Waals surface area contributed by atoms with Crippen molar-refractivity contribution in [3.05, 3.63) is 65.8 Å². The second-order valence-corrected chi connectivity index (χ2v) is 4.60. The first kappa shape index (κ1) is 13.3. The average Bonchev–Trinajstić information content (AvgIpc) is 2.98. The van der Waals surface area contributed by atoms with Crippen LogP contribution in [0.5, 0.6) is 0 Å². The molecule has 0 aliphatic heterocycles. The summed E-state index contributed by atoms with van der Waals surface area (Å²) < 4.78 is 1.53. The van der Waals surface area contributed by atoms with Gasteiger partial charge in [0.1, 0.15) is 12.1 Å². The van der Waals surface area contributed by atoms with E-state index in [4.69, 9.17) is 11.6 Å². The topological polar surface area (TPSA) is 72.7 Å². The fourth-order valence-corrected chi connectivity index (χ4v) is 1.88. The van der Waals surface area contributed by atoms with Crippen LogP contribution in [0.25, 0.3) is 5.69 Å². The summed E-state index contributed by atoms with van der Waals surface area (Å²) >= 11 is 5.83. The molecular weight excluding hydrogens is 290 g/mol. The van der Waals surface area contributed by atoms with Crippen molar-refractivity contribution in [3.8, 4) is 5.69 Å². The first-order valence-electron chi connectivity index (χ1n) is 6.12. The molecule has 0 saturated heterocycles. The highest BCUT2D eigenvalue weighted by molar-refractivity contribution is 6.30. The van der Waals surface area contributed by atoms with Crippen LogP contribution >= 0.6 is 11.6 Å². The molecule has 0 saturated carbocycles. The molecule has 1 aromatic carbocycles. The second-order valence-electron chi connectivity index (χ2n) is 4.16. The molecule has 0 atom stereocenters. The molecule has 104 valence electrons. The Kier molecular flexibility index (Phi) is 3.61. The van der Waals surface area contributed by atoms with E-state index in [1.54, 1.807) is 12.1 Å². The van der Waals surface area contributed by atoms with Gasteiger partial charge in [0.05, 0.1) is 5.69 Å². The quantitative estimate of drug-likeness (QED) is 0.806. The molecule has 2 aromatic heterocycles. The maximum absolute atomic E-state index is 12.0. The van der Waals surface area contributed by atoms with Gasteiger partial charge in [-0.2, -0.15) is 0 Å². The highest BCUT2D eigenvalue weighted by Gasteiger charge is 2.13. The molecule has 3 rings (SSSR count). The van der Waals surface area contributed by atoms with E-state index >= 15 is 0 Å².